The zero-order valence-corrected chi connectivity index (χ0v) is 4.96. The molecule has 0 unspecified atom stereocenters. The van der Waals surface area contributed by atoms with Gasteiger partial charge in [0.2, 0.25) is 0 Å². The molecular formula is C5H8O4. The summed E-state index contributed by atoms with van der Waals surface area (Å²) in [5.41, 5.74) is -0.366. The van der Waals surface area contributed by atoms with E-state index in [-0.39, 0.29) is 12.0 Å². The molecular weight excluding hydrogens is 124 g/mol. The molecule has 0 aromatic carbocycles. The SMILES string of the molecule is CCC(C(=O)O)=C(O)O. The summed E-state index contributed by atoms with van der Waals surface area (Å²) in [6, 6.07) is 0. The maximum Gasteiger partial charge on any atom is 0.338 e. The van der Waals surface area contributed by atoms with Crippen molar-refractivity contribution < 1.29 is 20.1 Å². The normalized spacial score (nSPS) is 8.56. The smallest absolute Gasteiger partial charge is 0.338 e. The molecule has 0 atom stereocenters. The van der Waals surface area contributed by atoms with Gasteiger partial charge in [-0.05, 0) is 6.42 Å². The maximum absolute atomic E-state index is 9.99. The highest BCUT2D eigenvalue weighted by atomic mass is 16.5. The predicted molar refractivity (Wildman–Crippen MR) is 30.2 cm³/mol. The van der Waals surface area contributed by atoms with Gasteiger partial charge in [-0.2, -0.15) is 0 Å². The second-order valence-corrected chi connectivity index (χ2v) is 1.46. The van der Waals surface area contributed by atoms with E-state index in [0.29, 0.717) is 0 Å². The first-order valence-corrected chi connectivity index (χ1v) is 2.44. The van der Waals surface area contributed by atoms with Crippen molar-refractivity contribution in [3.8, 4) is 0 Å². The minimum absolute atomic E-state index is 0.109. The number of carboxylic acid groups (broad SMARTS) is 1. The number of rotatable bonds is 2. The predicted octanol–water partition coefficient (Wildman–Crippen LogP) is 0.809. The molecule has 0 aliphatic heterocycles. The zero-order valence-electron chi connectivity index (χ0n) is 4.96. The molecule has 0 rings (SSSR count). The molecule has 4 heteroatoms. The number of carboxylic acids is 1. The van der Waals surface area contributed by atoms with Gasteiger partial charge in [-0.25, -0.2) is 4.79 Å². The maximum atomic E-state index is 9.99. The van der Waals surface area contributed by atoms with Crippen molar-refractivity contribution in [3.63, 3.8) is 0 Å². The molecule has 9 heavy (non-hydrogen) atoms. The molecule has 0 aromatic heterocycles. The van der Waals surface area contributed by atoms with Gasteiger partial charge in [0.15, 0.2) is 0 Å². The van der Waals surface area contributed by atoms with Crippen molar-refractivity contribution in [3.05, 3.63) is 11.5 Å². The van der Waals surface area contributed by atoms with Gasteiger partial charge >= 0.3 is 5.97 Å². The lowest BCUT2D eigenvalue weighted by Crippen LogP contribution is -2.02. The van der Waals surface area contributed by atoms with Crippen LogP contribution in [0.15, 0.2) is 11.5 Å². The molecule has 0 radical (unpaired) electrons. The van der Waals surface area contributed by atoms with Gasteiger partial charge in [0.05, 0.1) is 0 Å². The van der Waals surface area contributed by atoms with E-state index in [2.05, 4.69) is 0 Å². The topological polar surface area (TPSA) is 77.8 Å². The van der Waals surface area contributed by atoms with Crippen LogP contribution < -0.4 is 0 Å². The molecule has 3 N–H and O–H groups in total. The van der Waals surface area contributed by atoms with Crippen molar-refractivity contribution in [2.24, 2.45) is 0 Å². The summed E-state index contributed by atoms with van der Waals surface area (Å²) in [6.07, 6.45) is 0.109. The van der Waals surface area contributed by atoms with Gasteiger partial charge in [0.1, 0.15) is 5.57 Å². The molecule has 0 amide bonds. The van der Waals surface area contributed by atoms with Gasteiger partial charge in [-0.3, -0.25) is 0 Å². The van der Waals surface area contributed by atoms with Crippen LogP contribution in [0.2, 0.25) is 0 Å². The van der Waals surface area contributed by atoms with E-state index in [1.54, 1.807) is 0 Å². The summed E-state index contributed by atoms with van der Waals surface area (Å²) in [6.45, 7) is 1.52. The van der Waals surface area contributed by atoms with Crippen LogP contribution in [-0.2, 0) is 4.79 Å². The average Bonchev–Trinajstić information content (AvgIpc) is 1.64. The summed E-state index contributed by atoms with van der Waals surface area (Å²) in [5.74, 6) is -2.40. The van der Waals surface area contributed by atoms with Gasteiger partial charge < -0.3 is 15.3 Å². The van der Waals surface area contributed by atoms with Crippen molar-refractivity contribution in [1.29, 1.82) is 0 Å². The molecule has 0 saturated carbocycles. The van der Waals surface area contributed by atoms with Crippen molar-refractivity contribution in [2.75, 3.05) is 0 Å². The van der Waals surface area contributed by atoms with Gasteiger partial charge in [-0.15, -0.1) is 0 Å². The first-order chi connectivity index (χ1) is 4.09. The lowest BCUT2D eigenvalue weighted by atomic mass is 10.2. The highest BCUT2D eigenvalue weighted by Crippen LogP contribution is 2.02. The number of aliphatic hydroxyl groups is 2. The van der Waals surface area contributed by atoms with Gasteiger partial charge in [0, 0.05) is 0 Å². The van der Waals surface area contributed by atoms with Crippen LogP contribution in [0.5, 0.6) is 0 Å². The number of hydrogen-bond donors (Lipinski definition) is 3. The minimum atomic E-state index is -1.29. The van der Waals surface area contributed by atoms with Crippen LogP contribution >= 0.6 is 0 Å². The molecule has 0 bridgehead atoms. The minimum Gasteiger partial charge on any atom is -0.481 e. The van der Waals surface area contributed by atoms with Crippen LogP contribution in [0.1, 0.15) is 13.3 Å². The quantitative estimate of drug-likeness (QED) is 0.383. The van der Waals surface area contributed by atoms with E-state index in [4.69, 9.17) is 15.3 Å². The van der Waals surface area contributed by atoms with Crippen LogP contribution in [0.25, 0.3) is 0 Å². The Morgan fingerprint density at radius 2 is 1.78 bits per heavy atom. The van der Waals surface area contributed by atoms with Gasteiger partial charge in [-0.1, -0.05) is 6.92 Å². The number of carbonyl (C=O) groups is 1. The van der Waals surface area contributed by atoms with Crippen LogP contribution in [-0.4, -0.2) is 21.3 Å². The molecule has 0 saturated heterocycles. The Morgan fingerprint density at radius 3 is 1.78 bits per heavy atom. The van der Waals surface area contributed by atoms with Crippen LogP contribution in [0, 0.1) is 0 Å². The number of aliphatic hydroxyl groups excluding tert-OH is 1. The Kier molecular flexibility index (Phi) is 2.57. The number of hydrogen-bond acceptors (Lipinski definition) is 3. The van der Waals surface area contributed by atoms with Crippen molar-refractivity contribution in [2.45, 2.75) is 13.3 Å². The monoisotopic (exact) mass is 132 g/mol. The average molecular weight is 132 g/mol. The lowest BCUT2D eigenvalue weighted by Gasteiger charge is -1.94. The molecule has 0 heterocycles. The third-order valence-electron chi connectivity index (χ3n) is 0.882. The third-order valence-corrected chi connectivity index (χ3v) is 0.882. The third kappa shape index (κ3) is 2.03. The molecule has 4 nitrogen and oxygen atoms in total. The Hall–Kier alpha value is -1.19. The second-order valence-electron chi connectivity index (χ2n) is 1.46. The van der Waals surface area contributed by atoms with Crippen molar-refractivity contribution in [1.82, 2.24) is 0 Å². The Morgan fingerprint density at radius 1 is 1.33 bits per heavy atom. The van der Waals surface area contributed by atoms with Crippen LogP contribution in [0.4, 0.5) is 0 Å². The van der Waals surface area contributed by atoms with E-state index in [9.17, 15) is 4.79 Å². The summed E-state index contributed by atoms with van der Waals surface area (Å²) in [7, 11) is 0. The zero-order chi connectivity index (χ0) is 7.44. The largest absolute Gasteiger partial charge is 0.481 e. The van der Waals surface area contributed by atoms with E-state index in [1.807, 2.05) is 0 Å². The standard InChI is InChI=1S/C5H8O4/c1-2-3(4(6)7)5(8)9/h6-7H,2H2,1H3,(H,8,9). The van der Waals surface area contributed by atoms with E-state index in [1.165, 1.54) is 6.92 Å². The summed E-state index contributed by atoms with van der Waals surface area (Å²) in [4.78, 5) is 9.99. The molecule has 0 aliphatic rings. The summed E-state index contributed by atoms with van der Waals surface area (Å²) >= 11 is 0. The first kappa shape index (κ1) is 7.81. The molecule has 52 valence electrons. The molecule has 0 fully saturated rings. The lowest BCUT2D eigenvalue weighted by molar-refractivity contribution is -0.133. The summed E-state index contributed by atoms with van der Waals surface area (Å²) in [5, 5.41) is 24.6. The van der Waals surface area contributed by atoms with Gasteiger partial charge in [0.25, 0.3) is 5.95 Å². The fourth-order valence-corrected chi connectivity index (χ4v) is 0.405. The summed E-state index contributed by atoms with van der Waals surface area (Å²) < 4.78 is 0. The van der Waals surface area contributed by atoms with E-state index >= 15 is 0 Å². The fraction of sp³-hybridized carbons (Fsp3) is 0.400. The molecule has 0 aromatic rings. The Labute approximate surface area is 52.1 Å². The molecule has 0 aliphatic carbocycles. The van der Waals surface area contributed by atoms with E-state index in [0.717, 1.165) is 0 Å². The molecule has 0 spiro atoms. The Balaban J connectivity index is 4.35. The Bertz CT molecular complexity index is 143. The van der Waals surface area contributed by atoms with Crippen molar-refractivity contribution >= 4 is 5.97 Å². The van der Waals surface area contributed by atoms with E-state index < -0.39 is 11.9 Å². The first-order valence-electron chi connectivity index (χ1n) is 2.44. The highest BCUT2D eigenvalue weighted by molar-refractivity contribution is 5.86. The second kappa shape index (κ2) is 2.96. The fourth-order valence-electron chi connectivity index (χ4n) is 0.405. The highest BCUT2D eigenvalue weighted by Gasteiger charge is 2.09. The van der Waals surface area contributed by atoms with Crippen LogP contribution in [0.3, 0.4) is 0 Å². The number of aliphatic carboxylic acids is 1.